The number of amides is 2. The number of nitrogens with zero attached hydrogens (tertiary/aromatic N) is 1. The lowest BCUT2D eigenvalue weighted by atomic mass is 10.1. The number of aromatic hydroxyl groups is 1. The number of carbonyl (C=O) groups is 2. The maximum atomic E-state index is 12.1. The van der Waals surface area contributed by atoms with Crippen molar-refractivity contribution in [1.82, 2.24) is 5.43 Å². The number of anilines is 1. The summed E-state index contributed by atoms with van der Waals surface area (Å²) in [5, 5.41) is 16.3. The highest BCUT2D eigenvalue weighted by Crippen LogP contribution is 2.16. The summed E-state index contributed by atoms with van der Waals surface area (Å²) in [6, 6.07) is 12.4. The van der Waals surface area contributed by atoms with Crippen molar-refractivity contribution in [2.75, 3.05) is 5.32 Å². The van der Waals surface area contributed by atoms with Gasteiger partial charge >= 0.3 is 0 Å². The second-order valence-corrected chi connectivity index (χ2v) is 6.36. The average molecular weight is 367 g/mol. The smallest absolute Gasteiger partial charge is 0.240 e. The van der Waals surface area contributed by atoms with Gasteiger partial charge in [-0.2, -0.15) is 5.10 Å². The quantitative estimate of drug-likeness (QED) is 0.515. The van der Waals surface area contributed by atoms with Gasteiger partial charge in [0.25, 0.3) is 0 Å². The fourth-order valence-electron chi connectivity index (χ4n) is 2.50. The van der Waals surface area contributed by atoms with Crippen molar-refractivity contribution >= 4 is 23.2 Å². The first-order valence-electron chi connectivity index (χ1n) is 8.91. The molecule has 2 rings (SSSR count). The van der Waals surface area contributed by atoms with Crippen molar-refractivity contribution < 1.29 is 14.7 Å². The molecule has 142 valence electrons. The van der Waals surface area contributed by atoms with Crippen LogP contribution >= 0.6 is 0 Å². The van der Waals surface area contributed by atoms with Crippen LogP contribution in [-0.4, -0.2) is 22.6 Å². The first-order valence-corrected chi connectivity index (χ1v) is 8.91. The molecule has 0 aliphatic heterocycles. The number of aryl methyl sites for hydroxylation is 2. The minimum atomic E-state index is -0.323. The molecule has 0 radical (unpaired) electrons. The maximum absolute atomic E-state index is 12.1. The molecule has 27 heavy (non-hydrogen) atoms. The zero-order valence-corrected chi connectivity index (χ0v) is 15.9. The van der Waals surface area contributed by atoms with Crippen molar-refractivity contribution in [3.63, 3.8) is 0 Å². The lowest BCUT2D eigenvalue weighted by Gasteiger charge is -2.09. The lowest BCUT2D eigenvalue weighted by molar-refractivity contribution is -0.124. The molecule has 0 bridgehead atoms. The topological polar surface area (TPSA) is 90.8 Å². The molecule has 2 aromatic carbocycles. The van der Waals surface area contributed by atoms with E-state index in [0.29, 0.717) is 12.1 Å². The van der Waals surface area contributed by atoms with Crippen LogP contribution in [0.15, 0.2) is 47.6 Å². The zero-order valence-electron chi connectivity index (χ0n) is 15.9. The average Bonchev–Trinajstić information content (AvgIpc) is 2.65. The SMILES string of the molecule is CCC(=NNC(=O)CCC(=O)Nc1cc(C)ccc1C)c1ccc(O)cc1. The van der Waals surface area contributed by atoms with E-state index in [1.807, 2.05) is 39.0 Å². The predicted molar refractivity (Wildman–Crippen MR) is 107 cm³/mol. The van der Waals surface area contributed by atoms with Gasteiger partial charge in [0, 0.05) is 18.5 Å². The number of phenols is 1. The molecule has 0 spiro atoms. The third-order valence-electron chi connectivity index (χ3n) is 4.10. The largest absolute Gasteiger partial charge is 0.508 e. The van der Waals surface area contributed by atoms with Gasteiger partial charge < -0.3 is 10.4 Å². The molecule has 0 aromatic heterocycles. The number of hydrogen-bond donors (Lipinski definition) is 3. The van der Waals surface area contributed by atoms with E-state index in [2.05, 4.69) is 15.8 Å². The van der Waals surface area contributed by atoms with Gasteiger partial charge in [-0.25, -0.2) is 5.43 Å². The van der Waals surface area contributed by atoms with Crippen molar-refractivity contribution in [2.24, 2.45) is 5.10 Å². The Balaban J connectivity index is 1.86. The predicted octanol–water partition coefficient (Wildman–Crippen LogP) is 3.66. The monoisotopic (exact) mass is 367 g/mol. The molecule has 6 nitrogen and oxygen atoms in total. The van der Waals surface area contributed by atoms with Crippen LogP contribution in [0.1, 0.15) is 42.9 Å². The van der Waals surface area contributed by atoms with Crippen LogP contribution in [0, 0.1) is 13.8 Å². The molecule has 0 aliphatic rings. The van der Waals surface area contributed by atoms with Crippen LogP contribution in [0.4, 0.5) is 5.69 Å². The number of benzene rings is 2. The normalized spacial score (nSPS) is 11.1. The van der Waals surface area contributed by atoms with Crippen molar-refractivity contribution in [2.45, 2.75) is 40.0 Å². The number of hydrazone groups is 1. The first-order chi connectivity index (χ1) is 12.9. The van der Waals surface area contributed by atoms with E-state index < -0.39 is 0 Å². The molecule has 6 heteroatoms. The second kappa shape index (κ2) is 9.52. The van der Waals surface area contributed by atoms with Gasteiger partial charge in [-0.3, -0.25) is 9.59 Å². The minimum absolute atomic E-state index is 0.0484. The molecule has 0 atom stereocenters. The van der Waals surface area contributed by atoms with Crippen molar-refractivity contribution in [3.05, 3.63) is 59.2 Å². The molecule has 0 heterocycles. The van der Waals surface area contributed by atoms with Crippen LogP contribution in [-0.2, 0) is 9.59 Å². The van der Waals surface area contributed by atoms with E-state index in [1.54, 1.807) is 24.3 Å². The minimum Gasteiger partial charge on any atom is -0.508 e. The summed E-state index contributed by atoms with van der Waals surface area (Å²) in [6.45, 7) is 5.81. The van der Waals surface area contributed by atoms with Crippen molar-refractivity contribution in [3.8, 4) is 5.75 Å². The summed E-state index contributed by atoms with van der Waals surface area (Å²) >= 11 is 0. The molecule has 3 N–H and O–H groups in total. The maximum Gasteiger partial charge on any atom is 0.240 e. The summed E-state index contributed by atoms with van der Waals surface area (Å²) in [5.41, 5.74) is 6.81. The molecular weight excluding hydrogens is 342 g/mol. The van der Waals surface area contributed by atoms with Crippen LogP contribution in [0.2, 0.25) is 0 Å². The molecule has 0 saturated carbocycles. The number of carbonyl (C=O) groups excluding carboxylic acids is 2. The Kier molecular flexibility index (Phi) is 7.11. The van der Waals surface area contributed by atoms with E-state index in [0.717, 1.165) is 22.4 Å². The molecular formula is C21H25N3O3. The Morgan fingerprint density at radius 3 is 2.33 bits per heavy atom. The van der Waals surface area contributed by atoms with Gasteiger partial charge in [0.2, 0.25) is 11.8 Å². The standard InChI is InChI=1S/C21H25N3O3/c1-4-18(16-7-9-17(25)10-8-16)23-24-21(27)12-11-20(26)22-19-13-14(2)5-6-15(19)3/h5-10,13,25H,4,11-12H2,1-3H3,(H,22,26)(H,24,27). The Bertz CT molecular complexity index is 842. The van der Waals surface area contributed by atoms with Gasteiger partial charge in [-0.1, -0.05) is 19.1 Å². The Labute approximate surface area is 159 Å². The van der Waals surface area contributed by atoms with Crippen LogP contribution in [0.3, 0.4) is 0 Å². The summed E-state index contributed by atoms with van der Waals surface area (Å²) in [6.07, 6.45) is 0.750. The highest BCUT2D eigenvalue weighted by Gasteiger charge is 2.09. The van der Waals surface area contributed by atoms with Gasteiger partial charge in [0.15, 0.2) is 0 Å². The van der Waals surface area contributed by atoms with Gasteiger partial charge in [-0.15, -0.1) is 0 Å². The number of phenolic OH excluding ortho intramolecular Hbond substituents is 1. The third kappa shape index (κ3) is 6.26. The van der Waals surface area contributed by atoms with E-state index in [1.165, 1.54) is 0 Å². The van der Waals surface area contributed by atoms with Crippen molar-refractivity contribution in [1.29, 1.82) is 0 Å². The highest BCUT2D eigenvalue weighted by molar-refractivity contribution is 6.01. The summed E-state index contributed by atoms with van der Waals surface area (Å²) < 4.78 is 0. The number of nitrogens with one attached hydrogen (secondary N) is 2. The number of hydrogen-bond acceptors (Lipinski definition) is 4. The molecule has 0 fully saturated rings. The Morgan fingerprint density at radius 1 is 1.00 bits per heavy atom. The molecule has 0 aliphatic carbocycles. The van der Waals surface area contributed by atoms with E-state index in [4.69, 9.17) is 0 Å². The van der Waals surface area contributed by atoms with Crippen LogP contribution in [0.25, 0.3) is 0 Å². The second-order valence-electron chi connectivity index (χ2n) is 6.36. The molecule has 2 aromatic rings. The van der Waals surface area contributed by atoms with E-state index in [-0.39, 0.29) is 30.4 Å². The first kappa shape index (κ1) is 20.2. The van der Waals surface area contributed by atoms with Gasteiger partial charge in [-0.05, 0) is 67.3 Å². The Morgan fingerprint density at radius 2 is 1.67 bits per heavy atom. The third-order valence-corrected chi connectivity index (χ3v) is 4.10. The highest BCUT2D eigenvalue weighted by atomic mass is 16.3. The fourth-order valence-corrected chi connectivity index (χ4v) is 2.50. The number of rotatable bonds is 7. The summed E-state index contributed by atoms with van der Waals surface area (Å²) in [4.78, 5) is 24.1. The van der Waals surface area contributed by atoms with E-state index >= 15 is 0 Å². The van der Waals surface area contributed by atoms with Gasteiger partial charge in [0.05, 0.1) is 5.71 Å². The zero-order chi connectivity index (χ0) is 19.8. The van der Waals surface area contributed by atoms with Crippen LogP contribution < -0.4 is 10.7 Å². The summed E-state index contributed by atoms with van der Waals surface area (Å²) in [5.74, 6) is -0.360. The van der Waals surface area contributed by atoms with E-state index in [9.17, 15) is 14.7 Å². The summed E-state index contributed by atoms with van der Waals surface area (Å²) in [7, 11) is 0. The molecule has 2 amide bonds. The fraction of sp³-hybridized carbons (Fsp3) is 0.286. The van der Waals surface area contributed by atoms with Crippen LogP contribution in [0.5, 0.6) is 5.75 Å². The van der Waals surface area contributed by atoms with Gasteiger partial charge in [0.1, 0.15) is 5.75 Å². The lowest BCUT2D eigenvalue weighted by Crippen LogP contribution is -2.22. The molecule has 0 saturated heterocycles. The molecule has 0 unspecified atom stereocenters. The Hall–Kier alpha value is -3.15.